The van der Waals surface area contributed by atoms with Crippen molar-refractivity contribution in [2.24, 2.45) is 11.0 Å². The van der Waals surface area contributed by atoms with Crippen LogP contribution in [0.4, 0.5) is 0 Å². The third kappa shape index (κ3) is 6.05. The maximum atomic E-state index is 5.36. The molecule has 1 saturated heterocycles. The van der Waals surface area contributed by atoms with Gasteiger partial charge in [0.05, 0.1) is 32.0 Å². The van der Waals surface area contributed by atoms with Gasteiger partial charge in [0.25, 0.3) is 0 Å². The van der Waals surface area contributed by atoms with Crippen molar-refractivity contribution in [1.29, 1.82) is 0 Å². The van der Waals surface area contributed by atoms with E-state index < -0.39 is 0 Å². The lowest BCUT2D eigenvalue weighted by molar-refractivity contribution is -0.906. The lowest BCUT2D eigenvalue weighted by Crippen LogP contribution is -3.14. The van der Waals surface area contributed by atoms with Gasteiger partial charge in [0.2, 0.25) is 0 Å². The molecule has 128 valence electrons. The molecule has 2 rings (SSSR count). The maximum absolute atomic E-state index is 5.36. The third-order valence-corrected chi connectivity index (χ3v) is 4.79. The van der Waals surface area contributed by atoms with Crippen molar-refractivity contribution in [1.82, 2.24) is 10.7 Å². The lowest BCUT2D eigenvalue weighted by atomic mass is 9.85. The van der Waals surface area contributed by atoms with Crippen LogP contribution in [0.25, 0.3) is 0 Å². The average molecular weight is 338 g/mol. The van der Waals surface area contributed by atoms with E-state index in [1.807, 2.05) is 0 Å². The zero-order chi connectivity index (χ0) is 16.7. The molecule has 1 aliphatic carbocycles. The number of quaternary nitrogens is 1. The molecule has 0 spiro atoms. The van der Waals surface area contributed by atoms with Gasteiger partial charge in [-0.15, -0.1) is 0 Å². The number of hydrogen-bond acceptors (Lipinski definition) is 3. The van der Waals surface area contributed by atoms with E-state index in [2.05, 4.69) is 42.3 Å². The molecule has 0 aromatic heterocycles. The zero-order valence-corrected chi connectivity index (χ0v) is 15.1. The Kier molecular flexibility index (Phi) is 7.20. The number of thiocarbonyl (C=S) groups is 1. The first-order valence-electron chi connectivity index (χ1n) is 8.40. The van der Waals surface area contributed by atoms with Crippen LogP contribution in [-0.2, 0) is 4.74 Å². The normalized spacial score (nSPS) is 24.2. The van der Waals surface area contributed by atoms with Crippen molar-refractivity contribution in [2.75, 3.05) is 39.4 Å². The summed E-state index contributed by atoms with van der Waals surface area (Å²) in [4.78, 5) is 1.56. The Hall–Kier alpha value is -1.24. The zero-order valence-electron chi connectivity index (χ0n) is 14.3. The maximum Gasteiger partial charge on any atom is 0.187 e. The van der Waals surface area contributed by atoms with E-state index in [4.69, 9.17) is 17.0 Å². The first-order valence-corrected chi connectivity index (χ1v) is 8.81. The predicted octanol–water partition coefficient (Wildman–Crippen LogP) is 0.654. The van der Waals surface area contributed by atoms with Crippen LogP contribution in [0.3, 0.4) is 0 Å². The molecule has 1 aliphatic heterocycles. The molecule has 1 atom stereocenters. The van der Waals surface area contributed by atoms with Crippen molar-refractivity contribution in [2.45, 2.75) is 26.7 Å². The number of rotatable bonds is 5. The van der Waals surface area contributed by atoms with Gasteiger partial charge in [-0.1, -0.05) is 18.2 Å². The summed E-state index contributed by atoms with van der Waals surface area (Å²) in [5.74, 6) is 0.491. The van der Waals surface area contributed by atoms with Crippen LogP contribution in [0.15, 0.2) is 28.9 Å². The van der Waals surface area contributed by atoms with E-state index in [1.165, 1.54) is 11.1 Å². The molecular weight excluding hydrogens is 308 g/mol. The van der Waals surface area contributed by atoms with Gasteiger partial charge in [-0.2, -0.15) is 5.10 Å². The van der Waals surface area contributed by atoms with E-state index in [-0.39, 0.29) is 0 Å². The smallest absolute Gasteiger partial charge is 0.187 e. The third-order valence-electron chi connectivity index (χ3n) is 4.56. The van der Waals surface area contributed by atoms with Gasteiger partial charge < -0.3 is 15.0 Å². The van der Waals surface area contributed by atoms with Crippen LogP contribution in [0.2, 0.25) is 0 Å². The fourth-order valence-corrected chi connectivity index (χ4v) is 2.99. The Bertz CT molecular complexity index is 495. The highest BCUT2D eigenvalue weighted by Gasteiger charge is 2.18. The van der Waals surface area contributed by atoms with E-state index in [0.717, 1.165) is 57.9 Å². The van der Waals surface area contributed by atoms with Crippen molar-refractivity contribution in [3.05, 3.63) is 23.8 Å². The van der Waals surface area contributed by atoms with Gasteiger partial charge in [0.15, 0.2) is 5.11 Å². The molecule has 6 heteroatoms. The summed E-state index contributed by atoms with van der Waals surface area (Å²) in [6.45, 7) is 14.1. The molecule has 3 N–H and O–H groups in total. The van der Waals surface area contributed by atoms with Crippen molar-refractivity contribution in [3.63, 3.8) is 0 Å². The first-order chi connectivity index (χ1) is 11.1. The van der Waals surface area contributed by atoms with Gasteiger partial charge >= 0.3 is 0 Å². The number of allylic oxidation sites excluding steroid dienone is 3. The minimum atomic E-state index is 0.491. The molecule has 5 nitrogen and oxygen atoms in total. The van der Waals surface area contributed by atoms with E-state index in [1.54, 1.807) is 4.90 Å². The van der Waals surface area contributed by atoms with E-state index >= 15 is 0 Å². The number of nitrogens with zero attached hydrogens (tertiary/aromatic N) is 1. The monoisotopic (exact) mass is 337 g/mol. The number of hydrazone groups is 1. The SMILES string of the molecule is C=C(C)[C@H]1CC=C(C)C(=NNC(=S)NCC[NH+]2CCOCC2)C1. The second-order valence-electron chi connectivity index (χ2n) is 6.41. The van der Waals surface area contributed by atoms with Gasteiger partial charge in [-0.25, -0.2) is 0 Å². The van der Waals surface area contributed by atoms with Crippen molar-refractivity contribution < 1.29 is 9.64 Å². The fraction of sp³-hybridized carbons (Fsp3) is 0.647. The topological polar surface area (TPSA) is 50.1 Å². The van der Waals surface area contributed by atoms with Crippen LogP contribution < -0.4 is 15.6 Å². The summed E-state index contributed by atoms with van der Waals surface area (Å²) in [7, 11) is 0. The molecule has 0 aromatic rings. The summed E-state index contributed by atoms with van der Waals surface area (Å²) in [5.41, 5.74) is 6.51. The highest BCUT2D eigenvalue weighted by atomic mass is 32.1. The van der Waals surface area contributed by atoms with E-state index in [0.29, 0.717) is 11.0 Å². The Labute approximate surface area is 144 Å². The second kappa shape index (κ2) is 9.15. The van der Waals surface area contributed by atoms with E-state index in [9.17, 15) is 0 Å². The highest BCUT2D eigenvalue weighted by Crippen LogP contribution is 2.26. The summed E-state index contributed by atoms with van der Waals surface area (Å²) < 4.78 is 5.36. The fourth-order valence-electron chi connectivity index (χ4n) is 2.84. The summed E-state index contributed by atoms with van der Waals surface area (Å²) in [6.07, 6.45) is 4.23. The molecule has 0 amide bonds. The van der Waals surface area contributed by atoms with Crippen LogP contribution in [-0.4, -0.2) is 50.2 Å². The van der Waals surface area contributed by atoms with Crippen molar-refractivity contribution in [3.8, 4) is 0 Å². The molecule has 1 fully saturated rings. The molecular formula is C17H29N4OS+. The minimum absolute atomic E-state index is 0.491. The number of morpholine rings is 1. The van der Waals surface area contributed by atoms with Gasteiger partial charge in [-0.3, -0.25) is 5.43 Å². The Morgan fingerprint density at radius 3 is 2.91 bits per heavy atom. The predicted molar refractivity (Wildman–Crippen MR) is 98.8 cm³/mol. The molecule has 0 unspecified atom stereocenters. The highest BCUT2D eigenvalue weighted by molar-refractivity contribution is 7.80. The summed E-state index contributed by atoms with van der Waals surface area (Å²) in [5, 5.41) is 8.31. The summed E-state index contributed by atoms with van der Waals surface area (Å²) >= 11 is 5.31. The van der Waals surface area contributed by atoms with Crippen LogP contribution in [0, 0.1) is 5.92 Å². The molecule has 2 aliphatic rings. The molecule has 0 aromatic carbocycles. The largest absolute Gasteiger partial charge is 0.370 e. The number of ether oxygens (including phenoxy) is 1. The minimum Gasteiger partial charge on any atom is -0.370 e. The van der Waals surface area contributed by atoms with Gasteiger partial charge in [0, 0.05) is 0 Å². The van der Waals surface area contributed by atoms with Gasteiger partial charge in [-0.05, 0) is 50.4 Å². The molecule has 0 radical (unpaired) electrons. The lowest BCUT2D eigenvalue weighted by Gasteiger charge is -2.24. The van der Waals surface area contributed by atoms with Crippen LogP contribution in [0.1, 0.15) is 26.7 Å². The Balaban J connectivity index is 1.72. The average Bonchev–Trinajstić information content (AvgIpc) is 2.55. The van der Waals surface area contributed by atoms with Crippen LogP contribution >= 0.6 is 12.2 Å². The quantitative estimate of drug-likeness (QED) is 0.392. The molecule has 0 saturated carbocycles. The van der Waals surface area contributed by atoms with Gasteiger partial charge in [0.1, 0.15) is 13.1 Å². The number of nitrogens with one attached hydrogen (secondary N) is 3. The van der Waals surface area contributed by atoms with Crippen molar-refractivity contribution >= 4 is 23.0 Å². The Morgan fingerprint density at radius 2 is 2.22 bits per heavy atom. The molecule has 1 heterocycles. The standard InChI is InChI=1S/C17H28N4OS/c1-13(2)15-5-4-14(3)16(12-15)19-20-17(23)18-6-7-21-8-10-22-11-9-21/h4,15H,1,5-12H2,2-3H3,(H2,18,20,23)/p+1/t15-/m0/s1. The molecule has 23 heavy (non-hydrogen) atoms. The summed E-state index contributed by atoms with van der Waals surface area (Å²) in [6, 6.07) is 0. The molecule has 0 bridgehead atoms. The van der Waals surface area contributed by atoms with Crippen LogP contribution in [0.5, 0.6) is 0 Å². The number of hydrogen-bond donors (Lipinski definition) is 3. The Morgan fingerprint density at radius 1 is 1.48 bits per heavy atom. The first kappa shape index (κ1) is 18.1. The second-order valence-corrected chi connectivity index (χ2v) is 6.82.